The topological polar surface area (TPSA) is 76.1 Å². The van der Waals surface area contributed by atoms with Gasteiger partial charge < -0.3 is 14.4 Å². The molecule has 172 valence electrons. The molecule has 0 radical (unpaired) electrons. The van der Waals surface area contributed by atoms with Crippen molar-refractivity contribution in [1.29, 1.82) is 0 Å². The molecule has 1 amide bonds. The Morgan fingerprint density at radius 2 is 1.97 bits per heavy atom. The summed E-state index contributed by atoms with van der Waals surface area (Å²) in [5.41, 5.74) is 1.19. The molecule has 1 saturated heterocycles. The molecule has 1 atom stereocenters. The van der Waals surface area contributed by atoms with Crippen LogP contribution in [-0.2, 0) is 16.6 Å². The molecular weight excluding hydrogens is 452 g/mol. The number of rotatable bonds is 6. The summed E-state index contributed by atoms with van der Waals surface area (Å²) in [5, 5.41) is 0.124. The number of hydrogen-bond acceptors (Lipinski definition) is 5. The summed E-state index contributed by atoms with van der Waals surface area (Å²) in [4.78, 5) is 14.9. The molecule has 9 heteroatoms. The van der Waals surface area contributed by atoms with Crippen LogP contribution in [0.2, 0.25) is 5.02 Å². The predicted octanol–water partition coefficient (Wildman–Crippen LogP) is 4.15. The number of hydrogen-bond donors (Lipinski definition) is 0. The third kappa shape index (κ3) is 4.58. The number of fused-ring (bicyclic) bond motifs is 1. The summed E-state index contributed by atoms with van der Waals surface area (Å²) >= 11 is 6.28. The van der Waals surface area contributed by atoms with Crippen LogP contribution in [0.3, 0.4) is 0 Å². The van der Waals surface area contributed by atoms with Crippen LogP contribution in [0.15, 0.2) is 41.3 Å². The van der Waals surface area contributed by atoms with Gasteiger partial charge >= 0.3 is 0 Å². The number of ether oxygens (including phenoxy) is 2. The molecule has 32 heavy (non-hydrogen) atoms. The van der Waals surface area contributed by atoms with Gasteiger partial charge in [-0.15, -0.1) is 0 Å². The molecule has 1 unspecified atom stereocenters. The van der Waals surface area contributed by atoms with Gasteiger partial charge in [0.05, 0.1) is 5.02 Å². The highest BCUT2D eigenvalue weighted by atomic mass is 35.5. The Morgan fingerprint density at radius 3 is 2.72 bits per heavy atom. The predicted molar refractivity (Wildman–Crippen MR) is 122 cm³/mol. The highest BCUT2D eigenvalue weighted by Crippen LogP contribution is 2.33. The molecule has 0 aromatic heterocycles. The summed E-state index contributed by atoms with van der Waals surface area (Å²) in [7, 11) is -3.78. The molecule has 4 rings (SSSR count). The quantitative estimate of drug-likeness (QED) is 0.623. The largest absolute Gasteiger partial charge is 0.454 e. The van der Waals surface area contributed by atoms with Crippen molar-refractivity contribution in [2.45, 2.75) is 38.1 Å². The lowest BCUT2D eigenvalue weighted by atomic mass is 10.0. The fourth-order valence-electron chi connectivity index (χ4n) is 4.11. The molecule has 0 saturated carbocycles. The van der Waals surface area contributed by atoms with Gasteiger partial charge in [-0.25, -0.2) is 8.42 Å². The summed E-state index contributed by atoms with van der Waals surface area (Å²) in [6.07, 6.45) is 1.82. The van der Waals surface area contributed by atoms with Crippen molar-refractivity contribution in [3.63, 3.8) is 0 Å². The van der Waals surface area contributed by atoms with Crippen LogP contribution in [0.5, 0.6) is 11.5 Å². The second kappa shape index (κ2) is 9.29. The van der Waals surface area contributed by atoms with Crippen molar-refractivity contribution < 1.29 is 22.7 Å². The third-order valence-corrected chi connectivity index (χ3v) is 8.24. The van der Waals surface area contributed by atoms with Crippen LogP contribution in [0.4, 0.5) is 0 Å². The first kappa shape index (κ1) is 22.9. The zero-order valence-corrected chi connectivity index (χ0v) is 19.8. The second-order valence-electron chi connectivity index (χ2n) is 8.26. The molecule has 0 bridgehead atoms. The number of amides is 1. The molecule has 2 aliphatic rings. The standard InChI is InChI=1S/C23H27ClN2O5S/c1-3-25(14-17-6-9-20-21(11-17)31-15-30-20)23(27)18-7-8-19(24)22(12-18)32(28,29)26-10-4-5-16(2)13-26/h6-9,11-12,16H,3-5,10,13-15H2,1-2H3. The van der Waals surface area contributed by atoms with Gasteiger partial charge in [-0.05, 0) is 61.6 Å². The smallest absolute Gasteiger partial charge is 0.254 e. The van der Waals surface area contributed by atoms with E-state index >= 15 is 0 Å². The normalized spacial score (nSPS) is 18.5. The number of nitrogens with zero attached hydrogens (tertiary/aromatic N) is 2. The lowest BCUT2D eigenvalue weighted by Gasteiger charge is -2.30. The van der Waals surface area contributed by atoms with Crippen LogP contribution in [-0.4, -0.2) is 50.0 Å². The number of carbonyl (C=O) groups is 1. The molecule has 1 fully saturated rings. The lowest BCUT2D eigenvalue weighted by molar-refractivity contribution is 0.0752. The molecule has 0 spiro atoms. The fourth-order valence-corrected chi connectivity index (χ4v) is 6.21. The highest BCUT2D eigenvalue weighted by Gasteiger charge is 2.31. The Kier molecular flexibility index (Phi) is 6.65. The molecule has 2 aliphatic heterocycles. The maximum Gasteiger partial charge on any atom is 0.254 e. The van der Waals surface area contributed by atoms with Gasteiger partial charge in [0.15, 0.2) is 11.5 Å². The molecule has 2 heterocycles. The minimum Gasteiger partial charge on any atom is -0.454 e. The third-order valence-electron chi connectivity index (χ3n) is 5.90. The maximum absolute atomic E-state index is 13.3. The van der Waals surface area contributed by atoms with Gasteiger partial charge in [-0.3, -0.25) is 4.79 Å². The summed E-state index contributed by atoms with van der Waals surface area (Å²) in [6, 6.07) is 10.0. The molecule has 0 N–H and O–H groups in total. The van der Waals surface area contributed by atoms with Crippen LogP contribution in [0, 0.1) is 5.92 Å². The van der Waals surface area contributed by atoms with E-state index < -0.39 is 10.0 Å². The van der Waals surface area contributed by atoms with Crippen molar-refractivity contribution in [1.82, 2.24) is 9.21 Å². The minimum absolute atomic E-state index is 0.0155. The zero-order chi connectivity index (χ0) is 22.9. The van der Waals surface area contributed by atoms with E-state index in [1.807, 2.05) is 32.0 Å². The van der Waals surface area contributed by atoms with E-state index in [0.29, 0.717) is 49.2 Å². The Hall–Kier alpha value is -2.29. The van der Waals surface area contributed by atoms with E-state index in [2.05, 4.69) is 0 Å². The van der Waals surface area contributed by atoms with E-state index in [4.69, 9.17) is 21.1 Å². The number of carbonyl (C=O) groups excluding carboxylic acids is 1. The Bertz CT molecular complexity index is 1120. The van der Waals surface area contributed by atoms with Gasteiger partial charge in [0.1, 0.15) is 4.90 Å². The SMILES string of the molecule is CCN(Cc1ccc2c(c1)OCO2)C(=O)c1ccc(Cl)c(S(=O)(=O)N2CCCC(C)C2)c1. The number of sulfonamides is 1. The average Bonchev–Trinajstić information content (AvgIpc) is 3.25. The number of piperidine rings is 1. The van der Waals surface area contributed by atoms with Gasteiger partial charge in [0, 0.05) is 31.7 Å². The van der Waals surface area contributed by atoms with Crippen LogP contribution >= 0.6 is 11.6 Å². The molecule has 2 aromatic rings. The van der Waals surface area contributed by atoms with E-state index in [-0.39, 0.29) is 22.6 Å². The second-order valence-corrected chi connectivity index (χ2v) is 10.6. The van der Waals surface area contributed by atoms with Crippen LogP contribution in [0.1, 0.15) is 42.6 Å². The molecular formula is C23H27ClN2O5S. The van der Waals surface area contributed by atoms with Crippen molar-refractivity contribution in [3.05, 3.63) is 52.5 Å². The number of benzene rings is 2. The first-order valence-electron chi connectivity index (χ1n) is 10.8. The van der Waals surface area contributed by atoms with Gasteiger partial charge in [0.2, 0.25) is 16.8 Å². The Morgan fingerprint density at radius 1 is 1.19 bits per heavy atom. The minimum atomic E-state index is -3.78. The van der Waals surface area contributed by atoms with Gasteiger partial charge in [0.25, 0.3) is 5.91 Å². The van der Waals surface area contributed by atoms with Gasteiger partial charge in [-0.2, -0.15) is 4.31 Å². The fraction of sp³-hybridized carbons (Fsp3) is 0.435. The van der Waals surface area contributed by atoms with E-state index in [0.717, 1.165) is 18.4 Å². The molecule has 7 nitrogen and oxygen atoms in total. The van der Waals surface area contributed by atoms with Crippen molar-refractivity contribution in [3.8, 4) is 11.5 Å². The first-order chi connectivity index (χ1) is 15.3. The Labute approximate surface area is 193 Å². The van der Waals surface area contributed by atoms with Crippen molar-refractivity contribution >= 4 is 27.5 Å². The van der Waals surface area contributed by atoms with E-state index in [1.54, 1.807) is 11.0 Å². The average molecular weight is 479 g/mol. The van der Waals surface area contributed by atoms with Crippen LogP contribution < -0.4 is 9.47 Å². The lowest BCUT2D eigenvalue weighted by Crippen LogP contribution is -2.39. The van der Waals surface area contributed by atoms with Crippen molar-refractivity contribution in [2.24, 2.45) is 5.92 Å². The first-order valence-corrected chi connectivity index (χ1v) is 12.6. The highest BCUT2D eigenvalue weighted by molar-refractivity contribution is 7.89. The maximum atomic E-state index is 13.3. The number of halogens is 1. The molecule has 2 aromatic carbocycles. The van der Waals surface area contributed by atoms with Crippen LogP contribution in [0.25, 0.3) is 0 Å². The van der Waals surface area contributed by atoms with E-state index in [9.17, 15) is 13.2 Å². The summed E-state index contributed by atoms with van der Waals surface area (Å²) < 4.78 is 38.7. The monoisotopic (exact) mass is 478 g/mol. The molecule has 0 aliphatic carbocycles. The van der Waals surface area contributed by atoms with Gasteiger partial charge in [-0.1, -0.05) is 24.6 Å². The Balaban J connectivity index is 1.58. The zero-order valence-electron chi connectivity index (χ0n) is 18.2. The van der Waals surface area contributed by atoms with Crippen molar-refractivity contribution in [2.75, 3.05) is 26.4 Å². The summed E-state index contributed by atoms with van der Waals surface area (Å²) in [5.74, 6) is 1.37. The van der Waals surface area contributed by atoms with E-state index in [1.165, 1.54) is 16.4 Å². The summed E-state index contributed by atoms with van der Waals surface area (Å²) in [6.45, 7) is 5.86.